The average molecular weight is 193 g/mol. The van der Waals surface area contributed by atoms with Crippen molar-refractivity contribution in [1.82, 2.24) is 0 Å². The van der Waals surface area contributed by atoms with Crippen LogP contribution in [0.1, 0.15) is 6.92 Å². The van der Waals surface area contributed by atoms with Crippen LogP contribution in [0.5, 0.6) is 0 Å². The number of carbonyl (C=O) groups is 1. The van der Waals surface area contributed by atoms with Crippen LogP contribution in [-0.4, -0.2) is 24.6 Å². The molecule has 0 aromatic carbocycles. The summed E-state index contributed by atoms with van der Waals surface area (Å²) in [5.41, 5.74) is 6.28. The van der Waals surface area contributed by atoms with Gasteiger partial charge < -0.3 is 0 Å². The molecule has 0 aliphatic rings. The Balaban J connectivity index is 4.04. The van der Waals surface area contributed by atoms with Crippen molar-refractivity contribution >= 4 is 19.5 Å². The number of aliphatic carboxylic acids is 1. The summed E-state index contributed by atoms with van der Waals surface area (Å²) in [6.07, 6.45) is 0. The first-order valence-corrected chi connectivity index (χ1v) is 9.61. The zero-order valence-electron chi connectivity index (χ0n) is 6.38. The van der Waals surface area contributed by atoms with Gasteiger partial charge in [-0.2, -0.15) is 0 Å². The summed E-state index contributed by atoms with van der Waals surface area (Å²) in [5, 5.41) is 8.56. The molecular weight excluding hydrogens is 179 g/mol. The van der Waals surface area contributed by atoms with Gasteiger partial charge >= 0.3 is 58.2 Å². The van der Waals surface area contributed by atoms with E-state index in [1.165, 1.54) is 0 Å². The molecule has 0 radical (unpaired) electrons. The molecule has 0 bridgehead atoms. The van der Waals surface area contributed by atoms with Crippen LogP contribution in [0, 0.1) is 0 Å². The molecule has 0 aliphatic carbocycles. The molecule has 1 atom stereocenters. The molecule has 0 rings (SSSR count). The Morgan fingerprint density at radius 2 is 1.78 bits per heavy atom. The topological polar surface area (TPSA) is 37.3 Å². The van der Waals surface area contributed by atoms with E-state index in [-0.39, 0.29) is 4.71 Å². The number of carboxylic acids is 1. The van der Waals surface area contributed by atoms with E-state index in [0.29, 0.717) is 0 Å². The first-order chi connectivity index (χ1) is 3.85. The molecule has 54 valence electrons. The Bertz CT molecular complexity index is 115. The van der Waals surface area contributed by atoms with Crippen molar-refractivity contribution in [2.75, 3.05) is 0 Å². The number of hydrogen-bond acceptors (Lipinski definition) is 1. The van der Waals surface area contributed by atoms with E-state index in [0.717, 1.165) is 0 Å². The second-order valence-electron chi connectivity index (χ2n) is 3.13. The fourth-order valence-corrected chi connectivity index (χ4v) is 1.72. The van der Waals surface area contributed by atoms with Gasteiger partial charge in [0.25, 0.3) is 0 Å². The van der Waals surface area contributed by atoms with Gasteiger partial charge in [-0.1, -0.05) is 0 Å². The number of carboxylic acid groups (broad SMARTS) is 1. The molecule has 0 aromatic rings. The minimum absolute atomic E-state index is 0.0943. The van der Waals surface area contributed by atoms with Crippen LogP contribution in [0.4, 0.5) is 0 Å². The summed E-state index contributed by atoms with van der Waals surface area (Å²) in [6, 6.07) is 0. The molecule has 0 amide bonds. The summed E-state index contributed by atoms with van der Waals surface area (Å²) in [6.45, 7) is 1.80. The van der Waals surface area contributed by atoms with Gasteiger partial charge in [0.05, 0.1) is 0 Å². The normalized spacial score (nSPS) is 15.1. The quantitative estimate of drug-likeness (QED) is 0.679. The Hall–Kier alpha value is 0.0284. The molecule has 0 aromatic heterocycles. The van der Waals surface area contributed by atoms with Gasteiger partial charge in [-0.3, -0.25) is 0 Å². The predicted molar refractivity (Wildman–Crippen MR) is 40.4 cm³/mol. The average Bonchev–Trinajstić information content (AvgIpc) is 1.62. The second-order valence-corrected chi connectivity index (χ2v) is 13.6. The standard InChI is InChI=1S/C6H13AsO2/c1-5(6(8)9)7(2,3)4/h5H,1-4H3/p+1. The van der Waals surface area contributed by atoms with E-state index in [2.05, 4.69) is 17.1 Å². The predicted octanol–water partition coefficient (Wildman–Crippen LogP) is 1.80. The van der Waals surface area contributed by atoms with Crippen molar-refractivity contribution in [2.45, 2.75) is 28.8 Å². The van der Waals surface area contributed by atoms with E-state index in [1.807, 2.05) is 0 Å². The van der Waals surface area contributed by atoms with Crippen molar-refractivity contribution in [2.24, 2.45) is 0 Å². The summed E-state index contributed by atoms with van der Waals surface area (Å²) in [7, 11) is 0. The fraction of sp³-hybridized carbons (Fsp3) is 0.833. The molecule has 0 fully saturated rings. The van der Waals surface area contributed by atoms with Gasteiger partial charge in [-0.05, 0) is 0 Å². The van der Waals surface area contributed by atoms with Gasteiger partial charge in [-0.15, -0.1) is 0 Å². The van der Waals surface area contributed by atoms with Gasteiger partial charge in [0.2, 0.25) is 0 Å². The molecule has 0 saturated carbocycles. The van der Waals surface area contributed by atoms with Crippen LogP contribution in [0.3, 0.4) is 0 Å². The van der Waals surface area contributed by atoms with Crippen molar-refractivity contribution in [1.29, 1.82) is 0 Å². The maximum absolute atomic E-state index is 10.4. The summed E-state index contributed by atoms with van der Waals surface area (Å²) < 4.78 is -0.0943. The third-order valence-corrected chi connectivity index (χ3v) is 6.86. The zero-order chi connectivity index (χ0) is 7.65. The monoisotopic (exact) mass is 193 g/mol. The molecule has 0 spiro atoms. The number of hydrogen-bond donors (Lipinski definition) is 1. The maximum atomic E-state index is 10.4. The third kappa shape index (κ3) is 2.90. The molecule has 0 saturated heterocycles. The van der Waals surface area contributed by atoms with E-state index in [1.54, 1.807) is 6.92 Å². The molecule has 9 heavy (non-hydrogen) atoms. The summed E-state index contributed by atoms with van der Waals surface area (Å²) in [4.78, 5) is 10.4. The molecule has 2 nitrogen and oxygen atoms in total. The van der Waals surface area contributed by atoms with Gasteiger partial charge in [0, 0.05) is 0 Å². The van der Waals surface area contributed by atoms with Crippen LogP contribution in [0.2, 0.25) is 21.8 Å². The van der Waals surface area contributed by atoms with Crippen molar-refractivity contribution in [3.05, 3.63) is 0 Å². The molecule has 1 unspecified atom stereocenters. The third-order valence-electron chi connectivity index (χ3n) is 1.52. The Morgan fingerprint density at radius 1 is 1.44 bits per heavy atom. The van der Waals surface area contributed by atoms with Gasteiger partial charge in [-0.25, -0.2) is 0 Å². The Labute approximate surface area is 58.7 Å². The van der Waals surface area contributed by atoms with Crippen LogP contribution in [0.25, 0.3) is 0 Å². The van der Waals surface area contributed by atoms with Crippen LogP contribution < -0.4 is 0 Å². The van der Waals surface area contributed by atoms with Crippen LogP contribution in [-0.2, 0) is 4.79 Å². The molecule has 0 aliphatic heterocycles. The minimum atomic E-state index is -1.73. The first kappa shape index (κ1) is 9.03. The van der Waals surface area contributed by atoms with Crippen LogP contribution >= 0.6 is 0 Å². The summed E-state index contributed by atoms with van der Waals surface area (Å²) in [5.74, 6) is -0.644. The number of rotatable bonds is 2. The van der Waals surface area contributed by atoms with E-state index < -0.39 is 19.5 Å². The zero-order valence-corrected chi connectivity index (χ0v) is 8.26. The van der Waals surface area contributed by atoms with Crippen molar-refractivity contribution in [3.63, 3.8) is 0 Å². The molecule has 1 N–H and O–H groups in total. The van der Waals surface area contributed by atoms with Crippen molar-refractivity contribution < 1.29 is 9.90 Å². The fourth-order valence-electron chi connectivity index (χ4n) is 0.331. The van der Waals surface area contributed by atoms with Gasteiger partial charge in [0.1, 0.15) is 0 Å². The summed E-state index contributed by atoms with van der Waals surface area (Å²) >= 11 is -1.73. The molecular formula is C6H14AsO2+. The second kappa shape index (κ2) is 2.74. The Morgan fingerprint density at radius 3 is 1.78 bits per heavy atom. The van der Waals surface area contributed by atoms with Crippen LogP contribution in [0.15, 0.2) is 0 Å². The van der Waals surface area contributed by atoms with E-state index >= 15 is 0 Å². The molecule has 0 heterocycles. The first-order valence-electron chi connectivity index (χ1n) is 2.89. The molecule has 3 heteroatoms. The van der Waals surface area contributed by atoms with Gasteiger partial charge in [0.15, 0.2) is 0 Å². The SMILES string of the molecule is CC(C(=O)O)[As+](C)(C)C. The van der Waals surface area contributed by atoms with E-state index in [9.17, 15) is 4.79 Å². The van der Waals surface area contributed by atoms with E-state index in [4.69, 9.17) is 5.11 Å². The Kier molecular flexibility index (Phi) is 2.75. The van der Waals surface area contributed by atoms with Crippen molar-refractivity contribution in [3.8, 4) is 0 Å².